The molecule has 2 N–H and O–H groups in total. The molecule has 0 fully saturated rings. The van der Waals surface area contributed by atoms with Gasteiger partial charge in [0.1, 0.15) is 6.61 Å². The molecule has 1 aromatic rings. The first kappa shape index (κ1) is 14.9. The van der Waals surface area contributed by atoms with E-state index in [1.54, 1.807) is 0 Å². The molecule has 1 rings (SSSR count). The van der Waals surface area contributed by atoms with Gasteiger partial charge in [-0.3, -0.25) is 14.9 Å². The fourth-order valence-electron chi connectivity index (χ4n) is 1.23. The van der Waals surface area contributed by atoms with Crippen molar-refractivity contribution in [1.82, 2.24) is 0 Å². The lowest BCUT2D eigenvalue weighted by Crippen LogP contribution is -2.27. The molecule has 0 unspecified atom stereocenters. The van der Waals surface area contributed by atoms with Crippen LogP contribution in [0.1, 0.15) is 20.8 Å². The molecule has 0 aliphatic carbocycles. The summed E-state index contributed by atoms with van der Waals surface area (Å²) in [7, 11) is 0. The van der Waals surface area contributed by atoms with Crippen molar-refractivity contribution in [2.75, 3.05) is 11.9 Å². The molecule has 7 heteroatoms. The zero-order valence-electron chi connectivity index (χ0n) is 11.0. The van der Waals surface area contributed by atoms with E-state index in [2.05, 4.69) is 5.32 Å². The van der Waals surface area contributed by atoms with Crippen LogP contribution in [0.15, 0.2) is 18.2 Å². The second kappa shape index (κ2) is 5.66. The number of nitrogens with zero attached hydrogens (tertiary/aromatic N) is 1. The number of nitro groups is 1. The van der Waals surface area contributed by atoms with Gasteiger partial charge >= 0.3 is 5.69 Å². The largest absolute Gasteiger partial charge is 0.502 e. The lowest BCUT2D eigenvalue weighted by atomic mass is 10.2. The van der Waals surface area contributed by atoms with Gasteiger partial charge in [0, 0.05) is 11.8 Å². The van der Waals surface area contributed by atoms with E-state index in [0.717, 1.165) is 12.1 Å². The van der Waals surface area contributed by atoms with Crippen molar-refractivity contribution < 1.29 is 19.6 Å². The third-order valence-electron chi connectivity index (χ3n) is 2.09. The zero-order chi connectivity index (χ0) is 14.6. The Morgan fingerprint density at radius 3 is 2.63 bits per heavy atom. The van der Waals surface area contributed by atoms with Crippen molar-refractivity contribution in [2.45, 2.75) is 26.4 Å². The van der Waals surface area contributed by atoms with Gasteiger partial charge in [0.2, 0.25) is 5.91 Å². The summed E-state index contributed by atoms with van der Waals surface area (Å²) in [6.45, 7) is 5.28. The highest BCUT2D eigenvalue weighted by Gasteiger charge is 2.16. The molecule has 104 valence electrons. The van der Waals surface area contributed by atoms with Crippen molar-refractivity contribution in [3.8, 4) is 5.75 Å². The fourth-order valence-corrected chi connectivity index (χ4v) is 1.23. The Labute approximate surface area is 110 Å². The van der Waals surface area contributed by atoms with Crippen LogP contribution < -0.4 is 5.32 Å². The van der Waals surface area contributed by atoms with E-state index in [1.807, 2.05) is 20.8 Å². The normalized spacial score (nSPS) is 11.1. The number of ether oxygens (including phenoxy) is 1. The summed E-state index contributed by atoms with van der Waals surface area (Å²) >= 11 is 0. The summed E-state index contributed by atoms with van der Waals surface area (Å²) in [6.07, 6.45) is 0. The number of carbonyl (C=O) groups is 1. The van der Waals surface area contributed by atoms with Gasteiger partial charge < -0.3 is 15.2 Å². The summed E-state index contributed by atoms with van der Waals surface area (Å²) < 4.78 is 5.27. The molecule has 19 heavy (non-hydrogen) atoms. The van der Waals surface area contributed by atoms with E-state index < -0.39 is 27.9 Å². The molecule has 1 amide bonds. The molecule has 0 heterocycles. The Balaban J connectivity index is 2.70. The van der Waals surface area contributed by atoms with Crippen LogP contribution in [0, 0.1) is 10.1 Å². The SMILES string of the molecule is CC(C)(C)OCC(=O)Nc1ccc(O)c([N+](=O)[O-])c1. The summed E-state index contributed by atoms with van der Waals surface area (Å²) in [5.41, 5.74) is -0.681. The number of phenols is 1. The number of hydrogen-bond acceptors (Lipinski definition) is 5. The summed E-state index contributed by atoms with van der Waals surface area (Å²) in [5, 5.41) is 22.4. The number of phenolic OH excluding ortho intramolecular Hbond substituents is 1. The Bertz CT molecular complexity index is 493. The number of anilines is 1. The monoisotopic (exact) mass is 268 g/mol. The Kier molecular flexibility index (Phi) is 4.44. The van der Waals surface area contributed by atoms with E-state index >= 15 is 0 Å². The van der Waals surface area contributed by atoms with E-state index in [-0.39, 0.29) is 12.3 Å². The van der Waals surface area contributed by atoms with Crippen LogP contribution in [0.3, 0.4) is 0 Å². The molecule has 0 bridgehead atoms. The molecule has 0 spiro atoms. The zero-order valence-corrected chi connectivity index (χ0v) is 11.0. The second-order valence-corrected chi connectivity index (χ2v) is 4.91. The highest BCUT2D eigenvalue weighted by atomic mass is 16.6. The highest BCUT2D eigenvalue weighted by Crippen LogP contribution is 2.28. The third-order valence-corrected chi connectivity index (χ3v) is 2.09. The molecular formula is C12H16N2O5. The van der Waals surface area contributed by atoms with Crippen LogP contribution in [-0.2, 0) is 9.53 Å². The molecule has 0 aromatic heterocycles. The Morgan fingerprint density at radius 2 is 2.11 bits per heavy atom. The standard InChI is InChI=1S/C12H16N2O5/c1-12(2,3)19-7-11(16)13-8-4-5-10(15)9(6-8)14(17)18/h4-6,15H,7H2,1-3H3,(H,13,16). The van der Waals surface area contributed by atoms with Crippen molar-refractivity contribution in [3.05, 3.63) is 28.3 Å². The minimum atomic E-state index is -0.726. The third kappa shape index (κ3) is 4.92. The van der Waals surface area contributed by atoms with Gasteiger partial charge in [-0.15, -0.1) is 0 Å². The number of nitro benzene ring substituents is 1. The van der Waals surface area contributed by atoms with Gasteiger partial charge in [0.05, 0.1) is 10.5 Å². The fraction of sp³-hybridized carbons (Fsp3) is 0.417. The topological polar surface area (TPSA) is 102 Å². The van der Waals surface area contributed by atoms with Crippen molar-refractivity contribution in [1.29, 1.82) is 0 Å². The molecule has 0 saturated heterocycles. The first-order valence-electron chi connectivity index (χ1n) is 5.60. The van der Waals surface area contributed by atoms with E-state index in [0.29, 0.717) is 0 Å². The second-order valence-electron chi connectivity index (χ2n) is 4.91. The van der Waals surface area contributed by atoms with Crippen LogP contribution in [-0.4, -0.2) is 28.1 Å². The van der Waals surface area contributed by atoms with Gasteiger partial charge in [0.25, 0.3) is 0 Å². The lowest BCUT2D eigenvalue weighted by Gasteiger charge is -2.18. The van der Waals surface area contributed by atoms with Gasteiger partial charge in [0.15, 0.2) is 5.75 Å². The minimum absolute atomic E-state index is 0.155. The minimum Gasteiger partial charge on any atom is -0.502 e. The van der Waals surface area contributed by atoms with Crippen molar-refractivity contribution in [2.24, 2.45) is 0 Å². The average Bonchev–Trinajstić information content (AvgIpc) is 2.28. The number of rotatable bonds is 4. The number of amides is 1. The number of nitrogens with one attached hydrogen (secondary N) is 1. The van der Waals surface area contributed by atoms with Gasteiger partial charge in [-0.25, -0.2) is 0 Å². The number of carbonyl (C=O) groups excluding carboxylic acids is 1. The van der Waals surface area contributed by atoms with Crippen LogP contribution in [0.4, 0.5) is 11.4 Å². The van der Waals surface area contributed by atoms with Crippen LogP contribution >= 0.6 is 0 Å². The number of benzene rings is 1. The average molecular weight is 268 g/mol. The van der Waals surface area contributed by atoms with Crippen molar-refractivity contribution in [3.63, 3.8) is 0 Å². The highest BCUT2D eigenvalue weighted by molar-refractivity contribution is 5.92. The Morgan fingerprint density at radius 1 is 1.47 bits per heavy atom. The number of hydrogen-bond donors (Lipinski definition) is 2. The molecule has 7 nitrogen and oxygen atoms in total. The molecule has 0 aliphatic heterocycles. The van der Waals surface area contributed by atoms with Gasteiger partial charge in [-0.1, -0.05) is 0 Å². The maximum atomic E-state index is 11.6. The Hall–Kier alpha value is -2.15. The summed E-state index contributed by atoms with van der Waals surface area (Å²) in [4.78, 5) is 21.5. The summed E-state index contributed by atoms with van der Waals surface area (Å²) in [5.74, 6) is -0.871. The first-order valence-corrected chi connectivity index (χ1v) is 5.60. The molecular weight excluding hydrogens is 252 g/mol. The van der Waals surface area contributed by atoms with Gasteiger partial charge in [-0.05, 0) is 32.9 Å². The molecule has 0 saturated carbocycles. The van der Waals surface area contributed by atoms with E-state index in [1.165, 1.54) is 6.07 Å². The van der Waals surface area contributed by atoms with E-state index in [4.69, 9.17) is 4.74 Å². The first-order chi connectivity index (χ1) is 8.69. The lowest BCUT2D eigenvalue weighted by molar-refractivity contribution is -0.385. The molecule has 0 atom stereocenters. The summed E-state index contributed by atoms with van der Waals surface area (Å²) in [6, 6.07) is 3.61. The smallest absolute Gasteiger partial charge is 0.312 e. The quantitative estimate of drug-likeness (QED) is 0.494. The maximum Gasteiger partial charge on any atom is 0.312 e. The maximum absolute atomic E-state index is 11.6. The predicted octanol–water partition coefficient (Wildman–Crippen LogP) is 2.05. The molecule has 1 aromatic carbocycles. The molecule has 0 aliphatic rings. The van der Waals surface area contributed by atoms with Crippen LogP contribution in [0.2, 0.25) is 0 Å². The van der Waals surface area contributed by atoms with Crippen LogP contribution in [0.25, 0.3) is 0 Å². The van der Waals surface area contributed by atoms with Crippen molar-refractivity contribution >= 4 is 17.3 Å². The number of aromatic hydroxyl groups is 1. The van der Waals surface area contributed by atoms with Crippen LogP contribution in [0.5, 0.6) is 5.75 Å². The molecule has 0 radical (unpaired) electrons. The predicted molar refractivity (Wildman–Crippen MR) is 69.1 cm³/mol. The van der Waals surface area contributed by atoms with E-state index in [9.17, 15) is 20.0 Å². The van der Waals surface area contributed by atoms with Gasteiger partial charge in [-0.2, -0.15) is 0 Å².